The molecular weight excluding hydrogens is 172 g/mol. The third-order valence-corrected chi connectivity index (χ3v) is 2.24. The third-order valence-electron chi connectivity index (χ3n) is 2.24. The molecule has 0 fully saturated rings. The van der Waals surface area contributed by atoms with Crippen molar-refractivity contribution in [1.82, 2.24) is 9.97 Å². The Balaban J connectivity index is 2.53. The van der Waals surface area contributed by atoms with Gasteiger partial charge in [-0.1, -0.05) is 23.8 Å². The van der Waals surface area contributed by atoms with Crippen LogP contribution >= 0.6 is 0 Å². The molecule has 0 saturated carbocycles. The molecule has 2 nitrogen and oxygen atoms in total. The van der Waals surface area contributed by atoms with Crippen molar-refractivity contribution in [2.45, 2.75) is 13.8 Å². The van der Waals surface area contributed by atoms with Crippen LogP contribution in [0.5, 0.6) is 0 Å². The first kappa shape index (κ1) is 8.88. The first-order valence-electron chi connectivity index (χ1n) is 4.61. The lowest BCUT2D eigenvalue weighted by Crippen LogP contribution is -1.88. The molecule has 2 rings (SSSR count). The predicted molar refractivity (Wildman–Crippen MR) is 56.9 cm³/mol. The second-order valence-corrected chi connectivity index (χ2v) is 3.41. The summed E-state index contributed by atoms with van der Waals surface area (Å²) in [6, 6.07) is 8.30. The zero-order chi connectivity index (χ0) is 9.97. The second kappa shape index (κ2) is 3.58. The van der Waals surface area contributed by atoms with Gasteiger partial charge in [-0.2, -0.15) is 0 Å². The van der Waals surface area contributed by atoms with Gasteiger partial charge in [-0.25, -0.2) is 9.97 Å². The van der Waals surface area contributed by atoms with Crippen molar-refractivity contribution in [2.75, 3.05) is 0 Å². The lowest BCUT2D eigenvalue weighted by Gasteiger charge is -2.05. The van der Waals surface area contributed by atoms with Crippen LogP contribution in [0.1, 0.15) is 11.1 Å². The van der Waals surface area contributed by atoms with Crippen molar-refractivity contribution >= 4 is 0 Å². The van der Waals surface area contributed by atoms with E-state index in [4.69, 9.17) is 0 Å². The van der Waals surface area contributed by atoms with Crippen molar-refractivity contribution < 1.29 is 0 Å². The van der Waals surface area contributed by atoms with Gasteiger partial charge in [0.1, 0.15) is 6.33 Å². The Morgan fingerprint density at radius 2 is 1.93 bits per heavy atom. The van der Waals surface area contributed by atoms with E-state index in [2.05, 4.69) is 42.0 Å². The summed E-state index contributed by atoms with van der Waals surface area (Å²) in [5.41, 5.74) is 4.69. The molecule has 0 spiro atoms. The normalized spacial score (nSPS) is 10.1. The van der Waals surface area contributed by atoms with Gasteiger partial charge in [-0.3, -0.25) is 0 Å². The fraction of sp³-hybridized carbons (Fsp3) is 0.167. The van der Waals surface area contributed by atoms with Crippen LogP contribution in [0.3, 0.4) is 0 Å². The van der Waals surface area contributed by atoms with E-state index < -0.39 is 0 Å². The van der Waals surface area contributed by atoms with Crippen LogP contribution in [0.15, 0.2) is 36.8 Å². The minimum Gasteiger partial charge on any atom is -0.245 e. The summed E-state index contributed by atoms with van der Waals surface area (Å²) in [5, 5.41) is 0. The molecule has 2 heteroatoms. The molecular formula is C12H12N2. The van der Waals surface area contributed by atoms with Crippen molar-refractivity contribution in [3.05, 3.63) is 47.9 Å². The highest BCUT2D eigenvalue weighted by Gasteiger charge is 2.01. The quantitative estimate of drug-likeness (QED) is 0.681. The molecule has 2 aromatic rings. The van der Waals surface area contributed by atoms with Crippen molar-refractivity contribution in [3.63, 3.8) is 0 Å². The predicted octanol–water partition coefficient (Wildman–Crippen LogP) is 2.76. The summed E-state index contributed by atoms with van der Waals surface area (Å²) in [6.45, 7) is 4.20. The van der Waals surface area contributed by atoms with E-state index in [0.717, 1.165) is 5.69 Å². The van der Waals surface area contributed by atoms with Gasteiger partial charge in [0.15, 0.2) is 0 Å². The average Bonchev–Trinajstić information content (AvgIpc) is 2.19. The number of rotatable bonds is 1. The van der Waals surface area contributed by atoms with Crippen LogP contribution in [0.25, 0.3) is 11.3 Å². The largest absolute Gasteiger partial charge is 0.245 e. The maximum absolute atomic E-state index is 4.23. The van der Waals surface area contributed by atoms with Crippen LogP contribution in [0, 0.1) is 13.8 Å². The first-order valence-corrected chi connectivity index (χ1v) is 4.61. The standard InChI is InChI=1S/C12H12N2/c1-9-3-4-11(10(2)7-9)12-5-6-13-8-14-12/h3-8H,1-2H3. The van der Waals surface area contributed by atoms with E-state index in [1.54, 1.807) is 12.5 Å². The summed E-state index contributed by atoms with van der Waals surface area (Å²) in [6.07, 6.45) is 3.34. The van der Waals surface area contributed by atoms with E-state index in [1.165, 1.54) is 16.7 Å². The molecule has 0 bridgehead atoms. The molecule has 0 atom stereocenters. The molecule has 1 aromatic heterocycles. The van der Waals surface area contributed by atoms with Crippen LogP contribution in [-0.2, 0) is 0 Å². The molecule has 0 aliphatic carbocycles. The summed E-state index contributed by atoms with van der Waals surface area (Å²) in [7, 11) is 0. The van der Waals surface area contributed by atoms with Gasteiger partial charge in [0.2, 0.25) is 0 Å². The second-order valence-electron chi connectivity index (χ2n) is 3.41. The Bertz CT molecular complexity index is 435. The van der Waals surface area contributed by atoms with Crippen molar-refractivity contribution in [3.8, 4) is 11.3 Å². The number of hydrogen-bond donors (Lipinski definition) is 0. The maximum atomic E-state index is 4.23. The van der Waals surface area contributed by atoms with Gasteiger partial charge < -0.3 is 0 Å². The van der Waals surface area contributed by atoms with Gasteiger partial charge in [0.25, 0.3) is 0 Å². The van der Waals surface area contributed by atoms with Gasteiger partial charge in [-0.05, 0) is 25.5 Å². The molecule has 70 valence electrons. The SMILES string of the molecule is Cc1ccc(-c2ccncn2)c(C)c1. The van der Waals surface area contributed by atoms with Crippen LogP contribution in [-0.4, -0.2) is 9.97 Å². The number of aromatic nitrogens is 2. The van der Waals surface area contributed by atoms with Gasteiger partial charge in [0.05, 0.1) is 5.69 Å². The van der Waals surface area contributed by atoms with Crippen LogP contribution in [0.2, 0.25) is 0 Å². The van der Waals surface area contributed by atoms with E-state index in [0.29, 0.717) is 0 Å². The van der Waals surface area contributed by atoms with Gasteiger partial charge >= 0.3 is 0 Å². The highest BCUT2D eigenvalue weighted by atomic mass is 14.8. The Hall–Kier alpha value is -1.70. The molecule has 1 aromatic carbocycles. The average molecular weight is 184 g/mol. The highest BCUT2D eigenvalue weighted by Crippen LogP contribution is 2.21. The lowest BCUT2D eigenvalue weighted by atomic mass is 10.0. The van der Waals surface area contributed by atoms with Crippen LogP contribution < -0.4 is 0 Å². The van der Waals surface area contributed by atoms with Gasteiger partial charge in [-0.15, -0.1) is 0 Å². The maximum Gasteiger partial charge on any atom is 0.116 e. The topological polar surface area (TPSA) is 25.8 Å². The Morgan fingerprint density at radius 3 is 2.57 bits per heavy atom. The zero-order valence-electron chi connectivity index (χ0n) is 8.36. The minimum atomic E-state index is 0.984. The minimum absolute atomic E-state index is 0.984. The highest BCUT2D eigenvalue weighted by molar-refractivity contribution is 5.63. The third kappa shape index (κ3) is 1.64. The molecule has 0 amide bonds. The summed E-state index contributed by atoms with van der Waals surface area (Å²) < 4.78 is 0. The van der Waals surface area contributed by atoms with Crippen LogP contribution in [0.4, 0.5) is 0 Å². The van der Waals surface area contributed by atoms with Gasteiger partial charge in [0, 0.05) is 11.8 Å². The lowest BCUT2D eigenvalue weighted by molar-refractivity contribution is 1.17. The van der Waals surface area contributed by atoms with E-state index in [1.807, 2.05) is 6.07 Å². The Labute approximate surface area is 83.7 Å². The number of benzene rings is 1. The monoisotopic (exact) mass is 184 g/mol. The summed E-state index contributed by atoms with van der Waals surface area (Å²) in [4.78, 5) is 8.14. The molecule has 14 heavy (non-hydrogen) atoms. The van der Waals surface area contributed by atoms with Crippen molar-refractivity contribution in [1.29, 1.82) is 0 Å². The Morgan fingerprint density at radius 1 is 1.07 bits per heavy atom. The molecule has 1 heterocycles. The van der Waals surface area contributed by atoms with E-state index in [-0.39, 0.29) is 0 Å². The fourth-order valence-electron chi connectivity index (χ4n) is 1.55. The number of aryl methyl sites for hydroxylation is 2. The van der Waals surface area contributed by atoms with E-state index >= 15 is 0 Å². The smallest absolute Gasteiger partial charge is 0.116 e. The zero-order valence-corrected chi connectivity index (χ0v) is 8.36. The molecule has 0 aliphatic heterocycles. The number of hydrogen-bond acceptors (Lipinski definition) is 2. The Kier molecular flexibility index (Phi) is 2.27. The van der Waals surface area contributed by atoms with Crippen molar-refractivity contribution in [2.24, 2.45) is 0 Å². The fourth-order valence-corrected chi connectivity index (χ4v) is 1.55. The number of nitrogens with zero attached hydrogens (tertiary/aromatic N) is 2. The molecule has 0 unspecified atom stereocenters. The molecule has 0 aliphatic rings. The molecule has 0 N–H and O–H groups in total. The molecule has 0 radical (unpaired) electrons. The molecule has 0 saturated heterocycles. The first-order chi connectivity index (χ1) is 6.77. The summed E-state index contributed by atoms with van der Waals surface area (Å²) >= 11 is 0. The summed E-state index contributed by atoms with van der Waals surface area (Å²) in [5.74, 6) is 0. The van der Waals surface area contributed by atoms with E-state index in [9.17, 15) is 0 Å².